The molecule has 2 aliphatic carbocycles. The summed E-state index contributed by atoms with van der Waals surface area (Å²) in [5, 5.41) is 8.68. The molecule has 1 aromatic carbocycles. The van der Waals surface area contributed by atoms with Gasteiger partial charge in [0, 0.05) is 25.4 Å². The van der Waals surface area contributed by atoms with Gasteiger partial charge in [-0.15, -0.1) is 0 Å². The third-order valence-electron chi connectivity index (χ3n) is 6.14. The number of benzene rings is 1. The molecule has 2 aromatic rings. The van der Waals surface area contributed by atoms with Gasteiger partial charge in [-0.05, 0) is 6.07 Å². The number of hydrogen-bond acceptors (Lipinski definition) is 5. The third kappa shape index (κ3) is 3.11. The van der Waals surface area contributed by atoms with Crippen molar-refractivity contribution in [2.75, 3.05) is 18.0 Å². The molecule has 2 fully saturated rings. The summed E-state index contributed by atoms with van der Waals surface area (Å²) in [7, 11) is 0. The number of allylic oxidation sites excluding steroid dienone is 2. The average molecular weight is 450 g/mol. The van der Waals surface area contributed by atoms with Crippen molar-refractivity contribution in [2.24, 2.45) is 11.7 Å². The third-order valence-corrected chi connectivity index (χ3v) is 6.49. The second kappa shape index (κ2) is 6.80. The van der Waals surface area contributed by atoms with Crippen LogP contribution in [0.15, 0.2) is 41.4 Å². The molecule has 31 heavy (non-hydrogen) atoms. The van der Waals surface area contributed by atoms with Gasteiger partial charge in [-0.2, -0.15) is 0 Å². The summed E-state index contributed by atoms with van der Waals surface area (Å²) in [4.78, 5) is 25.4. The molecule has 162 valence electrons. The van der Waals surface area contributed by atoms with Crippen LogP contribution in [0.5, 0.6) is 5.75 Å². The quantitative estimate of drug-likeness (QED) is 0.697. The predicted molar refractivity (Wildman–Crippen MR) is 111 cm³/mol. The zero-order chi connectivity index (χ0) is 22.1. The molecular formula is C21H18ClF2N3O4. The van der Waals surface area contributed by atoms with Crippen LogP contribution in [0.25, 0.3) is 10.9 Å². The van der Waals surface area contributed by atoms with Gasteiger partial charge >= 0.3 is 6.16 Å². The first-order valence-corrected chi connectivity index (χ1v) is 10.1. The van der Waals surface area contributed by atoms with Gasteiger partial charge in [-0.25, -0.2) is 13.6 Å². The number of rotatable bonds is 3. The summed E-state index contributed by atoms with van der Waals surface area (Å²) in [6, 6.07) is 0.347. The highest BCUT2D eigenvalue weighted by atomic mass is 35.5. The molecule has 0 amide bonds. The fourth-order valence-corrected chi connectivity index (χ4v) is 4.91. The van der Waals surface area contributed by atoms with Crippen LogP contribution < -0.4 is 20.8 Å². The van der Waals surface area contributed by atoms with Crippen molar-refractivity contribution in [3.05, 3.63) is 57.6 Å². The second-order valence-corrected chi connectivity index (χ2v) is 8.56. The molecule has 1 aliphatic heterocycles. The Kier molecular flexibility index (Phi) is 4.39. The Morgan fingerprint density at radius 2 is 2.13 bits per heavy atom. The molecule has 3 aliphatic rings. The van der Waals surface area contributed by atoms with Crippen LogP contribution in [0.4, 0.5) is 19.3 Å². The SMILES string of the molecule is NC12C=CC=CC1CN(c1c(F)cc3c(=O)c(OC(=O)O)cn([C@@H]4C[C@@H]4F)c3c1Cl)C2. The highest BCUT2D eigenvalue weighted by Crippen LogP contribution is 2.46. The molecule has 3 N–H and O–H groups in total. The summed E-state index contributed by atoms with van der Waals surface area (Å²) in [6.07, 6.45) is 5.95. The van der Waals surface area contributed by atoms with E-state index >= 15 is 4.39 Å². The van der Waals surface area contributed by atoms with Crippen molar-refractivity contribution in [1.82, 2.24) is 4.57 Å². The van der Waals surface area contributed by atoms with Gasteiger partial charge in [-0.1, -0.05) is 35.9 Å². The predicted octanol–water partition coefficient (Wildman–Crippen LogP) is 3.39. The summed E-state index contributed by atoms with van der Waals surface area (Å²) in [5.41, 5.74) is 5.17. The molecule has 10 heteroatoms. The van der Waals surface area contributed by atoms with E-state index in [0.717, 1.165) is 12.3 Å². The lowest BCUT2D eigenvalue weighted by Crippen LogP contribution is -2.46. The number of carboxylic acid groups (broad SMARTS) is 1. The van der Waals surface area contributed by atoms with Crippen LogP contribution in [-0.4, -0.2) is 40.6 Å². The molecule has 2 heterocycles. The summed E-state index contributed by atoms with van der Waals surface area (Å²) in [5.74, 6) is -1.34. The number of aromatic nitrogens is 1. The Morgan fingerprint density at radius 3 is 2.77 bits per heavy atom. The van der Waals surface area contributed by atoms with E-state index in [1.54, 1.807) is 4.90 Å². The standard InChI is InChI=1S/C21H18ClF2N3O4/c22-16-17-11(19(28)15(31-20(29)30)8-27(17)14-6-12(14)23)5-13(24)18(16)26-7-10-3-1-2-4-21(10,25)9-26/h1-5,8,10,12,14H,6-7,9,25H2,(H,29,30)/t10?,12-,14+,21?/m0/s1. The Morgan fingerprint density at radius 1 is 1.39 bits per heavy atom. The van der Waals surface area contributed by atoms with E-state index in [2.05, 4.69) is 4.74 Å². The fraction of sp³-hybridized carbons (Fsp3) is 0.333. The molecule has 2 unspecified atom stereocenters. The van der Waals surface area contributed by atoms with E-state index in [-0.39, 0.29) is 34.0 Å². The van der Waals surface area contributed by atoms with Gasteiger partial charge in [0.05, 0.1) is 39.4 Å². The molecule has 1 saturated heterocycles. The zero-order valence-corrected chi connectivity index (χ0v) is 16.9. The lowest BCUT2D eigenvalue weighted by molar-refractivity contribution is 0.143. The monoisotopic (exact) mass is 449 g/mol. The topological polar surface area (TPSA) is 97.8 Å². The number of hydrogen-bond donors (Lipinski definition) is 2. The molecule has 0 radical (unpaired) electrons. The van der Waals surface area contributed by atoms with E-state index in [9.17, 15) is 14.0 Å². The maximum absolute atomic E-state index is 15.3. The van der Waals surface area contributed by atoms with Crippen LogP contribution in [0.3, 0.4) is 0 Å². The molecule has 0 spiro atoms. The molecule has 4 atom stereocenters. The number of anilines is 1. The van der Waals surface area contributed by atoms with Gasteiger partial charge < -0.3 is 25.0 Å². The first-order chi connectivity index (χ1) is 14.7. The van der Waals surface area contributed by atoms with Crippen LogP contribution in [-0.2, 0) is 0 Å². The number of pyridine rings is 1. The summed E-state index contributed by atoms with van der Waals surface area (Å²) >= 11 is 6.63. The number of nitrogens with two attached hydrogens (primary N) is 1. The van der Waals surface area contributed by atoms with Gasteiger partial charge in [0.1, 0.15) is 12.0 Å². The van der Waals surface area contributed by atoms with Crippen LogP contribution >= 0.6 is 11.6 Å². The van der Waals surface area contributed by atoms with Crippen molar-refractivity contribution in [2.45, 2.75) is 24.2 Å². The number of carbonyl (C=O) groups is 1. The zero-order valence-electron chi connectivity index (χ0n) is 16.1. The minimum Gasteiger partial charge on any atom is -0.449 e. The number of halogens is 3. The average Bonchev–Trinajstić information content (AvgIpc) is 3.31. The molecule has 1 saturated carbocycles. The number of fused-ring (bicyclic) bond motifs is 2. The van der Waals surface area contributed by atoms with E-state index in [1.807, 2.05) is 24.3 Å². The maximum atomic E-state index is 15.3. The molecule has 7 nitrogen and oxygen atoms in total. The number of nitrogens with zero attached hydrogens (tertiary/aromatic N) is 2. The van der Waals surface area contributed by atoms with Crippen LogP contribution in [0.2, 0.25) is 5.02 Å². The van der Waals surface area contributed by atoms with E-state index in [1.165, 1.54) is 4.57 Å². The molecule has 0 bridgehead atoms. The number of alkyl halides is 1. The van der Waals surface area contributed by atoms with Gasteiger partial charge in [-0.3, -0.25) is 4.79 Å². The summed E-state index contributed by atoms with van der Waals surface area (Å²) < 4.78 is 35.1. The fourth-order valence-electron chi connectivity index (χ4n) is 4.50. The Hall–Kier alpha value is -2.91. The normalized spacial score (nSPS) is 28.8. The Balaban J connectivity index is 1.70. The lowest BCUT2D eigenvalue weighted by atomic mass is 9.85. The highest BCUT2D eigenvalue weighted by Gasteiger charge is 2.44. The molecular weight excluding hydrogens is 432 g/mol. The first kappa shape index (κ1) is 20.0. The van der Waals surface area contributed by atoms with Crippen LogP contribution in [0, 0.1) is 11.7 Å². The van der Waals surface area contributed by atoms with Gasteiger partial charge in [0.15, 0.2) is 5.75 Å². The summed E-state index contributed by atoms with van der Waals surface area (Å²) in [6.45, 7) is 0.722. The molecule has 1 aromatic heterocycles. The maximum Gasteiger partial charge on any atom is 0.511 e. The largest absolute Gasteiger partial charge is 0.511 e. The Labute approximate surface area is 179 Å². The van der Waals surface area contributed by atoms with E-state index in [4.69, 9.17) is 22.4 Å². The van der Waals surface area contributed by atoms with Crippen molar-refractivity contribution < 1.29 is 23.4 Å². The van der Waals surface area contributed by atoms with Crippen molar-refractivity contribution in [1.29, 1.82) is 0 Å². The van der Waals surface area contributed by atoms with Crippen LogP contribution in [0.1, 0.15) is 12.5 Å². The minimum atomic E-state index is -1.70. The highest BCUT2D eigenvalue weighted by molar-refractivity contribution is 6.38. The van der Waals surface area contributed by atoms with Crippen molar-refractivity contribution in [3.8, 4) is 5.75 Å². The van der Waals surface area contributed by atoms with Gasteiger partial charge in [0.25, 0.3) is 0 Å². The second-order valence-electron chi connectivity index (χ2n) is 8.18. The minimum absolute atomic E-state index is 0.0455. The number of ether oxygens (including phenoxy) is 1. The molecule has 5 rings (SSSR count). The first-order valence-electron chi connectivity index (χ1n) is 9.71. The van der Waals surface area contributed by atoms with Gasteiger partial charge in [0.2, 0.25) is 5.43 Å². The van der Waals surface area contributed by atoms with E-state index < -0.39 is 40.9 Å². The smallest absolute Gasteiger partial charge is 0.449 e. The van der Waals surface area contributed by atoms with E-state index in [0.29, 0.717) is 13.1 Å². The van der Waals surface area contributed by atoms with Crippen molar-refractivity contribution in [3.63, 3.8) is 0 Å². The lowest BCUT2D eigenvalue weighted by Gasteiger charge is -2.27. The Bertz CT molecular complexity index is 1240. The van der Waals surface area contributed by atoms with Crippen molar-refractivity contribution >= 4 is 34.3 Å².